The molecule has 0 radical (unpaired) electrons. The summed E-state index contributed by atoms with van der Waals surface area (Å²) in [6.45, 7) is -0.206. The molecule has 0 bridgehead atoms. The molecule has 0 atom stereocenters. The molecular formula is C14H10F4N2O. The Labute approximate surface area is 117 Å². The fraction of sp³-hybridized carbons (Fsp3) is 0.143. The molecule has 21 heavy (non-hydrogen) atoms. The van der Waals surface area contributed by atoms with E-state index >= 15 is 0 Å². The minimum Gasteiger partial charge on any atom is -0.348 e. The minimum absolute atomic E-state index is 0.0322. The molecule has 0 saturated heterocycles. The Morgan fingerprint density at radius 1 is 1.14 bits per heavy atom. The fourth-order valence-corrected chi connectivity index (χ4v) is 1.70. The van der Waals surface area contributed by atoms with E-state index in [2.05, 4.69) is 10.3 Å². The Hall–Kier alpha value is -2.44. The lowest BCUT2D eigenvalue weighted by Crippen LogP contribution is -2.23. The first-order chi connectivity index (χ1) is 9.86. The molecule has 0 aliphatic rings. The van der Waals surface area contributed by atoms with Crippen LogP contribution in [0.3, 0.4) is 0 Å². The van der Waals surface area contributed by atoms with Crippen LogP contribution in [0.15, 0.2) is 42.7 Å². The minimum atomic E-state index is -4.63. The van der Waals surface area contributed by atoms with Gasteiger partial charge in [-0.15, -0.1) is 0 Å². The van der Waals surface area contributed by atoms with E-state index in [1.165, 1.54) is 24.5 Å². The van der Waals surface area contributed by atoms with Gasteiger partial charge in [-0.2, -0.15) is 13.2 Å². The molecule has 2 rings (SSSR count). The third-order valence-corrected chi connectivity index (χ3v) is 2.68. The summed E-state index contributed by atoms with van der Waals surface area (Å²) in [4.78, 5) is 15.5. The summed E-state index contributed by atoms with van der Waals surface area (Å²) < 4.78 is 50.8. The van der Waals surface area contributed by atoms with E-state index in [4.69, 9.17) is 0 Å². The van der Waals surface area contributed by atoms with E-state index in [1.807, 2.05) is 0 Å². The predicted molar refractivity (Wildman–Crippen MR) is 66.8 cm³/mol. The molecule has 0 unspecified atom stereocenters. The Bertz CT molecular complexity index is 641. The number of halogens is 4. The topological polar surface area (TPSA) is 42.0 Å². The summed E-state index contributed by atoms with van der Waals surface area (Å²) in [5, 5.41) is 2.42. The highest BCUT2D eigenvalue weighted by Crippen LogP contribution is 2.30. The van der Waals surface area contributed by atoms with Crippen LogP contribution in [0, 0.1) is 5.82 Å². The maximum Gasteiger partial charge on any atom is 0.416 e. The van der Waals surface area contributed by atoms with E-state index in [0.29, 0.717) is 11.6 Å². The number of rotatable bonds is 3. The van der Waals surface area contributed by atoms with Crippen LogP contribution < -0.4 is 5.32 Å². The normalized spacial score (nSPS) is 11.2. The Morgan fingerprint density at radius 3 is 2.43 bits per heavy atom. The lowest BCUT2D eigenvalue weighted by molar-refractivity contribution is -0.137. The summed E-state index contributed by atoms with van der Waals surface area (Å²) >= 11 is 0. The fourth-order valence-electron chi connectivity index (χ4n) is 1.70. The highest BCUT2D eigenvalue weighted by molar-refractivity contribution is 5.93. The van der Waals surface area contributed by atoms with Crippen molar-refractivity contribution >= 4 is 5.91 Å². The number of aromatic nitrogens is 1. The molecule has 3 nitrogen and oxygen atoms in total. The lowest BCUT2D eigenvalue weighted by Gasteiger charge is -2.10. The molecule has 2 aromatic rings. The van der Waals surface area contributed by atoms with Gasteiger partial charge < -0.3 is 5.32 Å². The second-order valence-corrected chi connectivity index (χ2v) is 4.26. The number of amides is 1. The Kier molecular flexibility index (Phi) is 4.21. The molecule has 1 amide bonds. The van der Waals surface area contributed by atoms with E-state index in [0.717, 1.165) is 12.1 Å². The summed E-state index contributed by atoms with van der Waals surface area (Å²) in [5.74, 6) is -1.48. The van der Waals surface area contributed by atoms with Gasteiger partial charge in [0.05, 0.1) is 5.56 Å². The van der Waals surface area contributed by atoms with E-state index < -0.39 is 23.5 Å². The van der Waals surface area contributed by atoms with Gasteiger partial charge in [-0.25, -0.2) is 4.39 Å². The second-order valence-electron chi connectivity index (χ2n) is 4.26. The third-order valence-electron chi connectivity index (χ3n) is 2.68. The molecule has 1 aromatic heterocycles. The molecule has 0 spiro atoms. The van der Waals surface area contributed by atoms with Crippen molar-refractivity contribution in [1.82, 2.24) is 10.3 Å². The number of pyridine rings is 1. The van der Waals surface area contributed by atoms with Crippen molar-refractivity contribution in [2.45, 2.75) is 12.7 Å². The highest BCUT2D eigenvalue weighted by Gasteiger charge is 2.31. The molecule has 0 fully saturated rings. The molecule has 7 heteroatoms. The van der Waals surface area contributed by atoms with Crippen molar-refractivity contribution < 1.29 is 22.4 Å². The third kappa shape index (κ3) is 4.01. The molecule has 1 heterocycles. The summed E-state index contributed by atoms with van der Waals surface area (Å²) in [6.07, 6.45) is -1.80. The average molecular weight is 298 g/mol. The number of hydrogen-bond acceptors (Lipinski definition) is 2. The largest absolute Gasteiger partial charge is 0.416 e. The molecule has 1 N–H and O–H groups in total. The standard InChI is InChI=1S/C14H10F4N2O/c15-12-6-9(5-11(7-12)14(16,17)18)8-20-13(21)10-1-3-19-4-2-10/h1-7H,8H2,(H,20,21). The summed E-state index contributed by atoms with van der Waals surface area (Å²) in [6, 6.07) is 5.08. The van der Waals surface area contributed by atoms with Gasteiger partial charge in [-0.3, -0.25) is 9.78 Å². The van der Waals surface area contributed by atoms with Crippen molar-refractivity contribution in [3.8, 4) is 0 Å². The van der Waals surface area contributed by atoms with Crippen LogP contribution in [0.25, 0.3) is 0 Å². The first-order valence-electron chi connectivity index (χ1n) is 5.91. The quantitative estimate of drug-likeness (QED) is 0.884. The smallest absolute Gasteiger partial charge is 0.348 e. The van der Waals surface area contributed by atoms with E-state index in [1.54, 1.807) is 0 Å². The molecule has 0 aliphatic heterocycles. The van der Waals surface area contributed by atoms with Crippen LogP contribution in [0.1, 0.15) is 21.5 Å². The highest BCUT2D eigenvalue weighted by atomic mass is 19.4. The van der Waals surface area contributed by atoms with Crippen molar-refractivity contribution in [2.75, 3.05) is 0 Å². The predicted octanol–water partition coefficient (Wildman–Crippen LogP) is 3.17. The number of nitrogens with zero attached hydrogens (tertiary/aromatic N) is 1. The number of benzene rings is 1. The second kappa shape index (κ2) is 5.90. The van der Waals surface area contributed by atoms with Crippen LogP contribution >= 0.6 is 0 Å². The van der Waals surface area contributed by atoms with Crippen LogP contribution in [-0.2, 0) is 12.7 Å². The van der Waals surface area contributed by atoms with Crippen molar-refractivity contribution in [3.63, 3.8) is 0 Å². The van der Waals surface area contributed by atoms with E-state index in [9.17, 15) is 22.4 Å². The average Bonchev–Trinajstić information content (AvgIpc) is 2.44. The van der Waals surface area contributed by atoms with Gasteiger partial charge in [-0.05, 0) is 35.9 Å². The zero-order chi connectivity index (χ0) is 15.5. The number of nitrogens with one attached hydrogen (secondary N) is 1. The maximum atomic E-state index is 13.2. The van der Waals surface area contributed by atoms with Gasteiger partial charge in [0.1, 0.15) is 5.82 Å². The van der Waals surface area contributed by atoms with Crippen LogP contribution in [-0.4, -0.2) is 10.9 Å². The monoisotopic (exact) mass is 298 g/mol. The first-order valence-corrected chi connectivity index (χ1v) is 5.91. The van der Waals surface area contributed by atoms with Crippen molar-refractivity contribution in [1.29, 1.82) is 0 Å². The van der Waals surface area contributed by atoms with Gasteiger partial charge >= 0.3 is 6.18 Å². The Balaban J connectivity index is 2.10. The lowest BCUT2D eigenvalue weighted by atomic mass is 10.1. The zero-order valence-electron chi connectivity index (χ0n) is 10.6. The van der Waals surface area contributed by atoms with E-state index in [-0.39, 0.29) is 12.1 Å². The van der Waals surface area contributed by atoms with Crippen molar-refractivity contribution in [2.24, 2.45) is 0 Å². The zero-order valence-corrected chi connectivity index (χ0v) is 10.6. The van der Waals surface area contributed by atoms with Crippen molar-refractivity contribution in [3.05, 3.63) is 65.2 Å². The molecule has 0 aliphatic carbocycles. The molecule has 110 valence electrons. The number of alkyl halides is 3. The van der Waals surface area contributed by atoms with Gasteiger partial charge in [0.25, 0.3) is 5.91 Å². The molecule has 0 saturated carbocycles. The van der Waals surface area contributed by atoms with Gasteiger partial charge in [-0.1, -0.05) is 0 Å². The first kappa shape index (κ1) is 15.0. The van der Waals surface area contributed by atoms with Gasteiger partial charge in [0.15, 0.2) is 0 Å². The van der Waals surface area contributed by atoms with Crippen LogP contribution in [0.2, 0.25) is 0 Å². The number of hydrogen-bond donors (Lipinski definition) is 1. The molecular weight excluding hydrogens is 288 g/mol. The summed E-state index contributed by atoms with van der Waals surface area (Å²) in [7, 11) is 0. The van der Waals surface area contributed by atoms with Gasteiger partial charge in [0.2, 0.25) is 0 Å². The SMILES string of the molecule is O=C(NCc1cc(F)cc(C(F)(F)F)c1)c1ccncc1. The van der Waals surface area contributed by atoms with Crippen LogP contribution in [0.4, 0.5) is 17.6 Å². The number of carbonyl (C=O) groups excluding carboxylic acids is 1. The van der Waals surface area contributed by atoms with Crippen LogP contribution in [0.5, 0.6) is 0 Å². The summed E-state index contributed by atoms with van der Waals surface area (Å²) in [5.41, 5.74) is -0.738. The number of carbonyl (C=O) groups is 1. The van der Waals surface area contributed by atoms with Gasteiger partial charge in [0, 0.05) is 24.5 Å². The Morgan fingerprint density at radius 2 is 1.81 bits per heavy atom. The maximum absolute atomic E-state index is 13.2. The molecule has 1 aromatic carbocycles.